The molecule has 1 rings (SSSR count). The van der Waals surface area contributed by atoms with E-state index in [4.69, 9.17) is 11.6 Å². The second-order valence-electron chi connectivity index (χ2n) is 1.69. The highest BCUT2D eigenvalue weighted by Gasteiger charge is 2.04. The Morgan fingerprint density at radius 2 is 2.30 bits per heavy atom. The van der Waals surface area contributed by atoms with Crippen LogP contribution >= 0.6 is 11.6 Å². The average Bonchev–Trinajstić information content (AvgIpc) is 1.88. The number of aryl methyl sites for hydroxylation is 1. The Morgan fingerprint density at radius 3 is 2.70 bits per heavy atom. The number of nitroso groups, excluding NO2 is 1. The van der Waals surface area contributed by atoms with Crippen molar-refractivity contribution in [3.63, 3.8) is 0 Å². The van der Waals surface area contributed by atoms with Gasteiger partial charge in [0.15, 0.2) is 10.8 Å². The standard InChI is InChI=1S/C5H4ClN3O/c1-3-4(9-10)5(6)8-2-7-3/h2H,1H3. The minimum atomic E-state index is 0.0995. The maximum Gasteiger partial charge on any atom is 0.166 e. The molecule has 1 heterocycles. The molecule has 10 heavy (non-hydrogen) atoms. The lowest BCUT2D eigenvalue weighted by Gasteiger charge is -1.94. The highest BCUT2D eigenvalue weighted by molar-refractivity contribution is 6.31. The molecule has 0 aliphatic rings. The first-order valence-electron chi connectivity index (χ1n) is 2.56. The van der Waals surface area contributed by atoms with Crippen molar-refractivity contribution < 1.29 is 0 Å². The first-order valence-corrected chi connectivity index (χ1v) is 2.94. The molecule has 52 valence electrons. The summed E-state index contributed by atoms with van der Waals surface area (Å²) in [5.74, 6) is 0. The maximum absolute atomic E-state index is 10.0. The van der Waals surface area contributed by atoms with E-state index in [0.717, 1.165) is 0 Å². The van der Waals surface area contributed by atoms with E-state index in [1.165, 1.54) is 6.33 Å². The number of rotatable bonds is 1. The molecular formula is C5H4ClN3O. The van der Waals surface area contributed by atoms with Crippen LogP contribution in [0.5, 0.6) is 0 Å². The summed E-state index contributed by atoms with van der Waals surface area (Å²) in [7, 11) is 0. The van der Waals surface area contributed by atoms with Gasteiger partial charge >= 0.3 is 0 Å². The van der Waals surface area contributed by atoms with Gasteiger partial charge in [0.05, 0.1) is 5.69 Å². The molecule has 0 spiro atoms. The smallest absolute Gasteiger partial charge is 0.166 e. The first-order chi connectivity index (χ1) is 4.75. The van der Waals surface area contributed by atoms with Gasteiger partial charge in [-0.3, -0.25) is 0 Å². The van der Waals surface area contributed by atoms with E-state index < -0.39 is 0 Å². The van der Waals surface area contributed by atoms with Crippen LogP contribution in [0.15, 0.2) is 11.5 Å². The molecule has 0 radical (unpaired) electrons. The summed E-state index contributed by atoms with van der Waals surface area (Å²) in [6, 6.07) is 0. The summed E-state index contributed by atoms with van der Waals surface area (Å²) >= 11 is 5.48. The molecule has 1 aromatic rings. The molecule has 0 atom stereocenters. The minimum absolute atomic E-state index is 0.0995. The van der Waals surface area contributed by atoms with Crippen LogP contribution in [0.1, 0.15) is 5.69 Å². The van der Waals surface area contributed by atoms with Gasteiger partial charge in [-0.15, -0.1) is 4.91 Å². The fourth-order valence-corrected chi connectivity index (χ4v) is 0.756. The van der Waals surface area contributed by atoms with Crippen LogP contribution in [0, 0.1) is 11.8 Å². The average molecular weight is 158 g/mol. The van der Waals surface area contributed by atoms with E-state index in [0.29, 0.717) is 5.69 Å². The zero-order valence-electron chi connectivity index (χ0n) is 5.21. The third-order valence-electron chi connectivity index (χ3n) is 1.05. The minimum Gasteiger partial charge on any atom is -0.239 e. The maximum atomic E-state index is 10.0. The topological polar surface area (TPSA) is 55.2 Å². The van der Waals surface area contributed by atoms with Crippen molar-refractivity contribution in [2.75, 3.05) is 0 Å². The van der Waals surface area contributed by atoms with Crippen molar-refractivity contribution in [3.05, 3.63) is 22.1 Å². The third-order valence-corrected chi connectivity index (χ3v) is 1.33. The Kier molecular flexibility index (Phi) is 1.91. The number of hydrogen-bond acceptors (Lipinski definition) is 4. The highest BCUT2D eigenvalue weighted by Crippen LogP contribution is 2.23. The Balaban J connectivity index is 3.30. The van der Waals surface area contributed by atoms with Gasteiger partial charge in [0.1, 0.15) is 6.33 Å². The Labute approximate surface area is 62.2 Å². The summed E-state index contributed by atoms with van der Waals surface area (Å²) in [5.41, 5.74) is 0.610. The second kappa shape index (κ2) is 2.70. The van der Waals surface area contributed by atoms with E-state index in [1.807, 2.05) is 0 Å². The fourth-order valence-electron chi connectivity index (χ4n) is 0.541. The van der Waals surface area contributed by atoms with Gasteiger partial charge in [-0.25, -0.2) is 9.97 Å². The van der Waals surface area contributed by atoms with Crippen molar-refractivity contribution in [3.8, 4) is 0 Å². The van der Waals surface area contributed by atoms with Crippen LogP contribution in [-0.4, -0.2) is 9.97 Å². The second-order valence-corrected chi connectivity index (χ2v) is 2.05. The van der Waals surface area contributed by atoms with Crippen LogP contribution in [0.25, 0.3) is 0 Å². The SMILES string of the molecule is Cc1ncnc(Cl)c1N=O. The summed E-state index contributed by atoms with van der Waals surface area (Å²) in [4.78, 5) is 17.3. The van der Waals surface area contributed by atoms with Crippen LogP contribution < -0.4 is 0 Å². The van der Waals surface area contributed by atoms with Crippen LogP contribution in [0.2, 0.25) is 5.15 Å². The lowest BCUT2D eigenvalue weighted by molar-refractivity contribution is 1.09. The molecule has 0 aromatic carbocycles. The van der Waals surface area contributed by atoms with Gasteiger partial charge in [-0.1, -0.05) is 11.6 Å². The molecule has 0 bridgehead atoms. The lowest BCUT2D eigenvalue weighted by atomic mass is 10.4. The summed E-state index contributed by atoms with van der Waals surface area (Å²) in [6.45, 7) is 1.64. The Bertz CT molecular complexity index is 243. The fraction of sp³-hybridized carbons (Fsp3) is 0.200. The van der Waals surface area contributed by atoms with Gasteiger partial charge in [0.25, 0.3) is 0 Å². The van der Waals surface area contributed by atoms with Crippen molar-refractivity contribution in [1.29, 1.82) is 0 Å². The van der Waals surface area contributed by atoms with E-state index in [-0.39, 0.29) is 10.8 Å². The van der Waals surface area contributed by atoms with Crippen molar-refractivity contribution in [2.24, 2.45) is 5.18 Å². The van der Waals surface area contributed by atoms with E-state index in [9.17, 15) is 4.91 Å². The predicted octanol–water partition coefficient (Wildman–Crippen LogP) is 1.84. The van der Waals surface area contributed by atoms with Gasteiger partial charge < -0.3 is 0 Å². The molecule has 0 N–H and O–H groups in total. The van der Waals surface area contributed by atoms with E-state index in [1.54, 1.807) is 6.92 Å². The number of hydrogen-bond donors (Lipinski definition) is 0. The molecular weight excluding hydrogens is 154 g/mol. The Hall–Kier alpha value is -1.03. The van der Waals surface area contributed by atoms with Crippen LogP contribution in [-0.2, 0) is 0 Å². The van der Waals surface area contributed by atoms with Crippen LogP contribution in [0.3, 0.4) is 0 Å². The van der Waals surface area contributed by atoms with Gasteiger partial charge in [0, 0.05) is 0 Å². The monoisotopic (exact) mass is 157 g/mol. The number of nitrogens with zero attached hydrogens (tertiary/aromatic N) is 3. The molecule has 1 aromatic heterocycles. The van der Waals surface area contributed by atoms with Gasteiger partial charge in [-0.05, 0) is 12.1 Å². The normalized spacial score (nSPS) is 9.40. The molecule has 0 saturated carbocycles. The molecule has 0 aliphatic carbocycles. The Morgan fingerprint density at radius 1 is 1.60 bits per heavy atom. The van der Waals surface area contributed by atoms with Gasteiger partial charge in [-0.2, -0.15) is 0 Å². The molecule has 0 amide bonds. The van der Waals surface area contributed by atoms with E-state index in [2.05, 4.69) is 15.1 Å². The van der Waals surface area contributed by atoms with Crippen molar-refractivity contribution in [1.82, 2.24) is 9.97 Å². The number of aromatic nitrogens is 2. The lowest BCUT2D eigenvalue weighted by Crippen LogP contribution is -1.84. The summed E-state index contributed by atoms with van der Waals surface area (Å²) in [6.07, 6.45) is 1.28. The first kappa shape index (κ1) is 7.08. The molecule has 0 fully saturated rings. The largest absolute Gasteiger partial charge is 0.239 e. The summed E-state index contributed by atoms with van der Waals surface area (Å²) in [5, 5.41) is 2.76. The summed E-state index contributed by atoms with van der Waals surface area (Å²) < 4.78 is 0. The number of halogens is 1. The van der Waals surface area contributed by atoms with Crippen LogP contribution in [0.4, 0.5) is 5.69 Å². The predicted molar refractivity (Wildman–Crippen MR) is 37.2 cm³/mol. The zero-order valence-corrected chi connectivity index (χ0v) is 5.96. The molecule has 5 heteroatoms. The molecule has 0 unspecified atom stereocenters. The third kappa shape index (κ3) is 1.11. The van der Waals surface area contributed by atoms with E-state index >= 15 is 0 Å². The van der Waals surface area contributed by atoms with Gasteiger partial charge in [0.2, 0.25) is 0 Å². The zero-order chi connectivity index (χ0) is 7.56. The molecule has 4 nitrogen and oxygen atoms in total. The van der Waals surface area contributed by atoms with Crippen molar-refractivity contribution >= 4 is 17.3 Å². The highest BCUT2D eigenvalue weighted by atomic mass is 35.5. The molecule has 0 saturated heterocycles. The van der Waals surface area contributed by atoms with Crippen molar-refractivity contribution in [2.45, 2.75) is 6.92 Å². The molecule has 0 aliphatic heterocycles. The quantitative estimate of drug-likeness (QED) is 0.462.